The van der Waals surface area contributed by atoms with Gasteiger partial charge >= 0.3 is 0 Å². The number of carbonyl (C=O) groups excluding carboxylic acids is 1. The summed E-state index contributed by atoms with van der Waals surface area (Å²) in [4.78, 5) is 10.7. The molecule has 1 amide bonds. The molecule has 0 heterocycles. The summed E-state index contributed by atoms with van der Waals surface area (Å²) in [6, 6.07) is 0. The van der Waals surface area contributed by atoms with Crippen molar-refractivity contribution in [1.29, 1.82) is 0 Å². The molecule has 0 aliphatic heterocycles. The molecule has 5 heteroatoms. The van der Waals surface area contributed by atoms with Crippen LogP contribution >= 0.6 is 0 Å². The first-order chi connectivity index (χ1) is 4.39. The number of carbonyl (C=O) groups is 1. The predicted octanol–water partition coefficient (Wildman–Crippen LogP) is -0.835. The van der Waals surface area contributed by atoms with E-state index in [4.69, 9.17) is 0 Å². The van der Waals surface area contributed by atoms with Crippen LogP contribution in [-0.2, 0) is 14.6 Å². The molecule has 0 aromatic carbocycles. The molecule has 1 atom stereocenters. The first kappa shape index (κ1) is 9.42. The fourth-order valence-electron chi connectivity index (χ4n) is 0.398. The Balaban J connectivity index is 4.39. The molecule has 0 saturated carbocycles. The second-order valence-electron chi connectivity index (χ2n) is 2.09. The van der Waals surface area contributed by atoms with Gasteiger partial charge in [0.05, 0.1) is 0 Å². The van der Waals surface area contributed by atoms with E-state index in [1.54, 1.807) is 0 Å². The Kier molecular flexibility index (Phi) is 2.83. The zero-order valence-corrected chi connectivity index (χ0v) is 7.03. The zero-order chi connectivity index (χ0) is 8.36. The van der Waals surface area contributed by atoms with E-state index in [0.717, 1.165) is 6.26 Å². The summed E-state index contributed by atoms with van der Waals surface area (Å²) in [5.41, 5.74) is 0. The molecule has 10 heavy (non-hydrogen) atoms. The van der Waals surface area contributed by atoms with Crippen LogP contribution in [0.2, 0.25) is 0 Å². The van der Waals surface area contributed by atoms with Crippen LogP contribution in [0, 0.1) is 0 Å². The maximum Gasteiger partial charge on any atom is 0.237 e. The maximum absolute atomic E-state index is 10.7. The van der Waals surface area contributed by atoms with Crippen LogP contribution in [0.4, 0.5) is 0 Å². The highest BCUT2D eigenvalue weighted by molar-refractivity contribution is 7.92. The minimum atomic E-state index is -3.23. The molecule has 0 aromatic heterocycles. The Labute approximate surface area is 60.5 Å². The molecule has 0 aromatic rings. The van der Waals surface area contributed by atoms with E-state index in [0.29, 0.717) is 0 Å². The standard InChI is InChI=1S/C5H11NO3S/c1-4(5(7)6-2)10(3,8)9/h4H,1-3H3,(H,6,7). The van der Waals surface area contributed by atoms with Gasteiger partial charge in [0.2, 0.25) is 5.91 Å². The third kappa shape index (κ3) is 2.34. The Bertz CT molecular complexity index is 219. The second kappa shape index (κ2) is 3.01. The van der Waals surface area contributed by atoms with Crippen molar-refractivity contribution in [3.63, 3.8) is 0 Å². The van der Waals surface area contributed by atoms with E-state index < -0.39 is 21.0 Å². The van der Waals surface area contributed by atoms with Crippen molar-refractivity contribution >= 4 is 15.7 Å². The molecule has 0 bridgehead atoms. The largest absolute Gasteiger partial charge is 0.358 e. The lowest BCUT2D eigenvalue weighted by Crippen LogP contribution is -2.34. The van der Waals surface area contributed by atoms with Gasteiger partial charge in [0, 0.05) is 13.3 Å². The monoisotopic (exact) mass is 165 g/mol. The number of hydrogen-bond donors (Lipinski definition) is 1. The first-order valence-electron chi connectivity index (χ1n) is 2.80. The van der Waals surface area contributed by atoms with Gasteiger partial charge in [-0.2, -0.15) is 0 Å². The van der Waals surface area contributed by atoms with E-state index in [2.05, 4.69) is 5.32 Å². The summed E-state index contributed by atoms with van der Waals surface area (Å²) in [6.45, 7) is 1.36. The molecule has 0 spiro atoms. The Morgan fingerprint density at radius 1 is 1.50 bits per heavy atom. The summed E-state index contributed by atoms with van der Waals surface area (Å²) < 4.78 is 21.3. The lowest BCUT2D eigenvalue weighted by Gasteiger charge is -2.05. The minimum Gasteiger partial charge on any atom is -0.358 e. The van der Waals surface area contributed by atoms with Crippen LogP contribution in [0.3, 0.4) is 0 Å². The van der Waals surface area contributed by atoms with Gasteiger partial charge in [-0.15, -0.1) is 0 Å². The van der Waals surface area contributed by atoms with Crippen molar-refractivity contribution in [2.24, 2.45) is 0 Å². The van der Waals surface area contributed by atoms with E-state index in [9.17, 15) is 13.2 Å². The molecular formula is C5H11NO3S. The Morgan fingerprint density at radius 2 is 1.90 bits per heavy atom. The lowest BCUT2D eigenvalue weighted by molar-refractivity contribution is -0.119. The van der Waals surface area contributed by atoms with Gasteiger partial charge in [-0.25, -0.2) is 8.42 Å². The number of sulfone groups is 1. The highest BCUT2D eigenvalue weighted by Crippen LogP contribution is 1.95. The van der Waals surface area contributed by atoms with Crippen LogP contribution in [0.5, 0.6) is 0 Å². The Morgan fingerprint density at radius 3 is 2.00 bits per heavy atom. The molecule has 0 aliphatic rings. The third-order valence-corrected chi connectivity index (χ3v) is 2.76. The fraction of sp³-hybridized carbons (Fsp3) is 0.800. The average Bonchev–Trinajstić information content (AvgIpc) is 1.83. The fourth-order valence-corrected chi connectivity index (χ4v) is 0.904. The number of nitrogens with one attached hydrogen (secondary N) is 1. The smallest absolute Gasteiger partial charge is 0.237 e. The first-order valence-corrected chi connectivity index (χ1v) is 4.75. The predicted molar refractivity (Wildman–Crippen MR) is 38.4 cm³/mol. The molecule has 0 radical (unpaired) electrons. The highest BCUT2D eigenvalue weighted by Gasteiger charge is 2.21. The van der Waals surface area contributed by atoms with Gasteiger partial charge in [-0.1, -0.05) is 0 Å². The topological polar surface area (TPSA) is 63.2 Å². The second-order valence-corrected chi connectivity index (χ2v) is 4.45. The van der Waals surface area contributed by atoms with Crippen molar-refractivity contribution in [1.82, 2.24) is 5.32 Å². The van der Waals surface area contributed by atoms with E-state index in [1.807, 2.05) is 0 Å². The van der Waals surface area contributed by atoms with E-state index in [1.165, 1.54) is 14.0 Å². The molecule has 1 unspecified atom stereocenters. The van der Waals surface area contributed by atoms with Gasteiger partial charge in [-0.05, 0) is 6.92 Å². The molecule has 0 fully saturated rings. The Hall–Kier alpha value is -0.580. The van der Waals surface area contributed by atoms with E-state index in [-0.39, 0.29) is 0 Å². The van der Waals surface area contributed by atoms with Gasteiger partial charge < -0.3 is 5.32 Å². The number of hydrogen-bond acceptors (Lipinski definition) is 3. The maximum atomic E-state index is 10.7. The molecule has 0 rings (SSSR count). The summed E-state index contributed by atoms with van der Waals surface area (Å²) in [7, 11) is -1.82. The van der Waals surface area contributed by atoms with Crippen LogP contribution in [0.1, 0.15) is 6.92 Å². The van der Waals surface area contributed by atoms with Gasteiger partial charge in [0.1, 0.15) is 5.25 Å². The van der Waals surface area contributed by atoms with Crippen LogP contribution in [-0.4, -0.2) is 32.9 Å². The van der Waals surface area contributed by atoms with Crippen LogP contribution in [0.15, 0.2) is 0 Å². The molecule has 1 N–H and O–H groups in total. The summed E-state index contributed by atoms with van der Waals surface area (Å²) in [5, 5.41) is 1.31. The zero-order valence-electron chi connectivity index (χ0n) is 6.21. The van der Waals surface area contributed by atoms with Gasteiger partial charge in [0.15, 0.2) is 9.84 Å². The lowest BCUT2D eigenvalue weighted by atomic mass is 10.4. The van der Waals surface area contributed by atoms with Crippen LogP contribution < -0.4 is 5.32 Å². The van der Waals surface area contributed by atoms with Crippen molar-refractivity contribution in [2.45, 2.75) is 12.2 Å². The highest BCUT2D eigenvalue weighted by atomic mass is 32.2. The van der Waals surface area contributed by atoms with Crippen molar-refractivity contribution in [2.75, 3.05) is 13.3 Å². The molecule has 60 valence electrons. The van der Waals surface area contributed by atoms with Crippen LogP contribution in [0.25, 0.3) is 0 Å². The van der Waals surface area contributed by atoms with E-state index >= 15 is 0 Å². The number of amides is 1. The number of rotatable bonds is 2. The SMILES string of the molecule is CNC(=O)C(C)S(C)(=O)=O. The van der Waals surface area contributed by atoms with Gasteiger partial charge in [0.25, 0.3) is 0 Å². The molecule has 4 nitrogen and oxygen atoms in total. The summed E-state index contributed by atoms with van der Waals surface area (Å²) >= 11 is 0. The van der Waals surface area contributed by atoms with Crippen molar-refractivity contribution < 1.29 is 13.2 Å². The quantitative estimate of drug-likeness (QED) is 0.580. The van der Waals surface area contributed by atoms with Gasteiger partial charge in [-0.3, -0.25) is 4.79 Å². The summed E-state index contributed by atoms with van der Waals surface area (Å²) in [5.74, 6) is -0.470. The summed E-state index contributed by atoms with van der Waals surface area (Å²) in [6.07, 6.45) is 1.03. The minimum absolute atomic E-state index is 0.470. The van der Waals surface area contributed by atoms with Crippen molar-refractivity contribution in [3.8, 4) is 0 Å². The molecular weight excluding hydrogens is 154 g/mol. The normalized spacial score (nSPS) is 14.3. The molecule has 0 aliphatic carbocycles. The third-order valence-electron chi connectivity index (χ3n) is 1.26. The average molecular weight is 165 g/mol. The van der Waals surface area contributed by atoms with Crippen molar-refractivity contribution in [3.05, 3.63) is 0 Å². The molecule has 0 saturated heterocycles.